The summed E-state index contributed by atoms with van der Waals surface area (Å²) in [6, 6.07) is 9.39. The number of hydrogen-bond acceptors (Lipinski definition) is 1. The lowest BCUT2D eigenvalue weighted by molar-refractivity contribution is -0.930. The standard InChI is InChI=1S/C18H30N2O/c1-3-21-18-10-8-17(9-11-18)15-19-12-6-14-20-13-5-4-7-16(20)2/h8-11,16,19H,3-7,12-15H2,1-2H3/p+2/t16-/m1/s1. The number of piperidine rings is 1. The normalized spacial score (nSPS) is 22.2. The first kappa shape index (κ1) is 16.3. The third kappa shape index (κ3) is 5.68. The van der Waals surface area contributed by atoms with Gasteiger partial charge in [0.05, 0.1) is 32.3 Å². The number of rotatable bonds is 8. The van der Waals surface area contributed by atoms with E-state index >= 15 is 0 Å². The van der Waals surface area contributed by atoms with E-state index < -0.39 is 0 Å². The number of nitrogens with one attached hydrogen (secondary N) is 1. The zero-order valence-electron chi connectivity index (χ0n) is 13.7. The predicted molar refractivity (Wildman–Crippen MR) is 86.7 cm³/mol. The van der Waals surface area contributed by atoms with Crippen LogP contribution in [0.3, 0.4) is 0 Å². The minimum Gasteiger partial charge on any atom is -0.494 e. The summed E-state index contributed by atoms with van der Waals surface area (Å²) in [6.45, 7) is 10.2. The molecule has 1 aliphatic heterocycles. The molecule has 3 heteroatoms. The van der Waals surface area contributed by atoms with Crippen molar-refractivity contribution in [3.05, 3.63) is 29.8 Å². The second-order valence-electron chi connectivity index (χ2n) is 6.27. The molecule has 3 nitrogen and oxygen atoms in total. The Balaban J connectivity index is 1.58. The van der Waals surface area contributed by atoms with Crippen LogP contribution in [0.4, 0.5) is 0 Å². The molecule has 1 aromatic rings. The van der Waals surface area contributed by atoms with E-state index in [4.69, 9.17) is 4.74 Å². The molecule has 118 valence electrons. The minimum absolute atomic E-state index is 0.739. The highest BCUT2D eigenvalue weighted by atomic mass is 16.5. The molecule has 1 unspecified atom stereocenters. The van der Waals surface area contributed by atoms with E-state index in [9.17, 15) is 0 Å². The zero-order chi connectivity index (χ0) is 14.9. The first-order valence-corrected chi connectivity index (χ1v) is 8.67. The molecule has 0 aliphatic carbocycles. The van der Waals surface area contributed by atoms with Crippen molar-refractivity contribution in [2.45, 2.75) is 52.1 Å². The van der Waals surface area contributed by atoms with Gasteiger partial charge in [-0.1, -0.05) is 0 Å². The van der Waals surface area contributed by atoms with Gasteiger partial charge in [0.2, 0.25) is 0 Å². The van der Waals surface area contributed by atoms with Crippen LogP contribution in [0.2, 0.25) is 0 Å². The molecule has 2 rings (SSSR count). The van der Waals surface area contributed by atoms with E-state index in [1.165, 1.54) is 50.9 Å². The maximum absolute atomic E-state index is 5.47. The Labute approximate surface area is 129 Å². The molecule has 1 fully saturated rings. The van der Waals surface area contributed by atoms with Crippen molar-refractivity contribution in [2.24, 2.45) is 0 Å². The lowest BCUT2D eigenvalue weighted by Crippen LogP contribution is -3.16. The van der Waals surface area contributed by atoms with Crippen LogP contribution >= 0.6 is 0 Å². The summed E-state index contributed by atoms with van der Waals surface area (Å²) in [6.07, 6.45) is 5.62. The molecule has 3 N–H and O–H groups in total. The summed E-state index contributed by atoms with van der Waals surface area (Å²) >= 11 is 0. The molecule has 21 heavy (non-hydrogen) atoms. The number of benzene rings is 1. The van der Waals surface area contributed by atoms with Gasteiger partial charge in [-0.2, -0.15) is 0 Å². The predicted octanol–water partition coefficient (Wildman–Crippen LogP) is 0.996. The van der Waals surface area contributed by atoms with Crippen LogP contribution in [0.5, 0.6) is 5.75 Å². The van der Waals surface area contributed by atoms with E-state index in [1.807, 2.05) is 11.8 Å². The molecule has 1 saturated heterocycles. The third-order valence-corrected chi connectivity index (χ3v) is 4.60. The Hall–Kier alpha value is -1.06. The maximum Gasteiger partial charge on any atom is 0.119 e. The molecule has 1 aliphatic rings. The van der Waals surface area contributed by atoms with Crippen molar-refractivity contribution in [1.82, 2.24) is 0 Å². The highest BCUT2D eigenvalue weighted by Crippen LogP contribution is 2.11. The fourth-order valence-corrected chi connectivity index (χ4v) is 3.26. The number of ether oxygens (including phenoxy) is 1. The first-order chi connectivity index (χ1) is 10.3. The molecule has 2 atom stereocenters. The fraction of sp³-hybridized carbons (Fsp3) is 0.667. The van der Waals surface area contributed by atoms with Gasteiger partial charge in [-0.05, 0) is 57.4 Å². The molecule has 0 bridgehead atoms. The SMILES string of the molecule is CCOc1ccc(C[NH2+]CCC[NH+]2CCCC[C@H]2C)cc1. The monoisotopic (exact) mass is 292 g/mol. The van der Waals surface area contributed by atoms with Gasteiger partial charge in [0.25, 0.3) is 0 Å². The van der Waals surface area contributed by atoms with E-state index in [0.29, 0.717) is 0 Å². The largest absolute Gasteiger partial charge is 0.494 e. The van der Waals surface area contributed by atoms with Crippen LogP contribution in [-0.2, 0) is 6.54 Å². The topological polar surface area (TPSA) is 30.3 Å². The smallest absolute Gasteiger partial charge is 0.119 e. The van der Waals surface area contributed by atoms with Gasteiger partial charge in [0.1, 0.15) is 12.3 Å². The van der Waals surface area contributed by atoms with Gasteiger partial charge in [-0.3, -0.25) is 0 Å². The molecule has 0 saturated carbocycles. The summed E-state index contributed by atoms with van der Waals surface area (Å²) in [4.78, 5) is 1.83. The Morgan fingerprint density at radius 1 is 1.24 bits per heavy atom. The second-order valence-corrected chi connectivity index (χ2v) is 6.27. The van der Waals surface area contributed by atoms with Crippen molar-refractivity contribution in [1.29, 1.82) is 0 Å². The van der Waals surface area contributed by atoms with Crippen LogP contribution in [0, 0.1) is 0 Å². The average molecular weight is 292 g/mol. The van der Waals surface area contributed by atoms with E-state index in [2.05, 4.69) is 36.5 Å². The van der Waals surface area contributed by atoms with Gasteiger partial charge >= 0.3 is 0 Å². The van der Waals surface area contributed by atoms with E-state index in [0.717, 1.165) is 24.9 Å². The average Bonchev–Trinajstić information content (AvgIpc) is 2.51. The zero-order valence-corrected chi connectivity index (χ0v) is 13.7. The molecule has 1 aromatic carbocycles. The Kier molecular flexibility index (Phi) is 7.04. The van der Waals surface area contributed by atoms with E-state index in [-0.39, 0.29) is 0 Å². The van der Waals surface area contributed by atoms with Crippen LogP contribution in [0.15, 0.2) is 24.3 Å². The number of quaternary nitrogens is 2. The van der Waals surface area contributed by atoms with Crippen molar-refractivity contribution >= 4 is 0 Å². The molecule has 0 radical (unpaired) electrons. The van der Waals surface area contributed by atoms with E-state index in [1.54, 1.807) is 0 Å². The van der Waals surface area contributed by atoms with Gasteiger partial charge < -0.3 is 15.0 Å². The first-order valence-electron chi connectivity index (χ1n) is 8.67. The number of nitrogens with two attached hydrogens (primary N) is 1. The van der Waals surface area contributed by atoms with Crippen LogP contribution in [-0.4, -0.2) is 32.3 Å². The van der Waals surface area contributed by atoms with Gasteiger partial charge in [-0.15, -0.1) is 0 Å². The molecule has 0 aromatic heterocycles. The summed E-state index contributed by atoms with van der Waals surface area (Å²) < 4.78 is 5.47. The Morgan fingerprint density at radius 3 is 2.76 bits per heavy atom. The fourth-order valence-electron chi connectivity index (χ4n) is 3.26. The summed E-state index contributed by atoms with van der Waals surface area (Å²) in [5.74, 6) is 0.976. The van der Waals surface area contributed by atoms with Gasteiger partial charge in [0.15, 0.2) is 0 Å². The van der Waals surface area contributed by atoms with Crippen LogP contribution in [0.1, 0.15) is 45.1 Å². The molecular formula is C18H32N2O+2. The lowest BCUT2D eigenvalue weighted by atomic mass is 10.0. The van der Waals surface area contributed by atoms with Crippen molar-refractivity contribution in [3.63, 3.8) is 0 Å². The van der Waals surface area contributed by atoms with Crippen LogP contribution in [0.25, 0.3) is 0 Å². The maximum atomic E-state index is 5.47. The third-order valence-electron chi connectivity index (χ3n) is 4.60. The molecule has 1 heterocycles. The summed E-state index contributed by atoms with van der Waals surface area (Å²) in [5.41, 5.74) is 1.39. The Morgan fingerprint density at radius 2 is 2.05 bits per heavy atom. The number of likely N-dealkylation sites (tertiary alicyclic amines) is 1. The van der Waals surface area contributed by atoms with Crippen molar-refractivity contribution in [2.75, 3.05) is 26.2 Å². The second kappa shape index (κ2) is 9.06. The van der Waals surface area contributed by atoms with Gasteiger partial charge in [-0.25, -0.2) is 0 Å². The van der Waals surface area contributed by atoms with Crippen molar-refractivity contribution in [3.8, 4) is 5.75 Å². The lowest BCUT2D eigenvalue weighted by Gasteiger charge is -2.29. The molecule has 0 amide bonds. The number of hydrogen-bond donors (Lipinski definition) is 2. The highest BCUT2D eigenvalue weighted by Gasteiger charge is 2.20. The quantitative estimate of drug-likeness (QED) is 0.688. The minimum atomic E-state index is 0.739. The molecular weight excluding hydrogens is 260 g/mol. The van der Waals surface area contributed by atoms with Gasteiger partial charge in [0, 0.05) is 12.0 Å². The van der Waals surface area contributed by atoms with Crippen molar-refractivity contribution < 1.29 is 15.0 Å². The Bertz CT molecular complexity index is 391. The summed E-state index contributed by atoms with van der Waals surface area (Å²) in [5, 5.41) is 2.43. The molecule has 0 spiro atoms. The summed E-state index contributed by atoms with van der Waals surface area (Å²) in [7, 11) is 0. The highest BCUT2D eigenvalue weighted by molar-refractivity contribution is 5.26. The van der Waals surface area contributed by atoms with Crippen LogP contribution < -0.4 is 15.0 Å².